The van der Waals surface area contributed by atoms with Gasteiger partial charge in [-0.1, -0.05) is 47.2 Å². The van der Waals surface area contributed by atoms with Crippen LogP contribution in [0.3, 0.4) is 0 Å². The lowest BCUT2D eigenvalue weighted by atomic mass is 10.1. The maximum absolute atomic E-state index is 13.0. The second-order valence-corrected chi connectivity index (χ2v) is 9.27. The van der Waals surface area contributed by atoms with E-state index in [0.717, 1.165) is 31.4 Å². The number of amides is 1. The molecule has 4 rings (SSSR count). The number of thiophene rings is 1. The Bertz CT molecular complexity index is 1360. The third-order valence-electron chi connectivity index (χ3n) is 4.63. The molecule has 154 valence electrons. The van der Waals surface area contributed by atoms with E-state index in [1.54, 1.807) is 11.5 Å². The number of esters is 1. The van der Waals surface area contributed by atoms with Crippen LogP contribution in [0.4, 0.5) is 0 Å². The zero-order chi connectivity index (χ0) is 21.4. The molecule has 0 radical (unpaired) electrons. The Morgan fingerprint density at radius 1 is 1.17 bits per heavy atom. The van der Waals surface area contributed by atoms with Gasteiger partial charge in [-0.05, 0) is 44.0 Å². The number of carbonyl (C=O) groups excluding carboxylic acids is 2. The molecule has 2 aromatic carbocycles. The minimum absolute atomic E-state index is 0.0109. The predicted molar refractivity (Wildman–Crippen MR) is 123 cm³/mol. The molecule has 2 heterocycles. The van der Waals surface area contributed by atoms with Crippen LogP contribution in [-0.2, 0) is 16.1 Å². The predicted octanol–water partition coefficient (Wildman–Crippen LogP) is 5.49. The largest absolute Gasteiger partial charge is 0.465 e. The van der Waals surface area contributed by atoms with Gasteiger partial charge in [-0.15, -0.1) is 11.3 Å². The van der Waals surface area contributed by atoms with Crippen LogP contribution in [0.1, 0.15) is 27.7 Å². The topological polar surface area (TPSA) is 60.7 Å². The molecule has 0 atom stereocenters. The molecule has 0 N–H and O–H groups in total. The molecule has 5 nitrogen and oxygen atoms in total. The SMILES string of the molecule is CCOC(=O)Cn1c(=NC(=O)c2sc3ccccc3c2Cl)sc2c(C)cc(C)cc21. The molecular weight excluding hydrogens is 440 g/mol. The fraction of sp³-hybridized carbons (Fsp3) is 0.227. The van der Waals surface area contributed by atoms with Crippen LogP contribution >= 0.6 is 34.3 Å². The number of halogens is 1. The fourth-order valence-corrected chi connectivity index (χ4v) is 5.85. The van der Waals surface area contributed by atoms with Crippen molar-refractivity contribution in [2.75, 3.05) is 6.61 Å². The summed E-state index contributed by atoms with van der Waals surface area (Å²) in [5.74, 6) is -0.787. The van der Waals surface area contributed by atoms with Crippen LogP contribution < -0.4 is 4.80 Å². The average Bonchev–Trinajstić information content (AvgIpc) is 3.21. The van der Waals surface area contributed by atoms with Gasteiger partial charge in [0.1, 0.15) is 11.4 Å². The van der Waals surface area contributed by atoms with E-state index in [1.165, 1.54) is 22.7 Å². The van der Waals surface area contributed by atoms with Crippen molar-refractivity contribution in [3.8, 4) is 0 Å². The fourth-order valence-electron chi connectivity index (χ4n) is 3.38. The quantitative estimate of drug-likeness (QED) is 0.380. The Morgan fingerprint density at radius 3 is 2.67 bits per heavy atom. The minimum atomic E-state index is -0.417. The summed E-state index contributed by atoms with van der Waals surface area (Å²) in [5, 5.41) is 1.25. The molecule has 0 aliphatic rings. The molecule has 0 saturated carbocycles. The average molecular weight is 459 g/mol. The monoisotopic (exact) mass is 458 g/mol. The van der Waals surface area contributed by atoms with Gasteiger partial charge in [0.2, 0.25) is 0 Å². The van der Waals surface area contributed by atoms with Gasteiger partial charge in [-0.2, -0.15) is 4.99 Å². The molecule has 1 amide bonds. The number of thiazole rings is 1. The Balaban J connectivity index is 1.88. The lowest BCUT2D eigenvalue weighted by Crippen LogP contribution is -2.23. The van der Waals surface area contributed by atoms with E-state index < -0.39 is 5.91 Å². The number of rotatable bonds is 4. The first-order valence-corrected chi connectivity index (χ1v) is 11.4. The van der Waals surface area contributed by atoms with E-state index in [-0.39, 0.29) is 12.5 Å². The Labute approximate surface area is 186 Å². The molecule has 8 heteroatoms. The van der Waals surface area contributed by atoms with Crippen molar-refractivity contribution >= 4 is 66.5 Å². The molecule has 0 fully saturated rings. The van der Waals surface area contributed by atoms with Crippen molar-refractivity contribution in [2.45, 2.75) is 27.3 Å². The molecule has 0 aliphatic heterocycles. The first-order chi connectivity index (χ1) is 14.4. The number of fused-ring (bicyclic) bond motifs is 2. The van der Waals surface area contributed by atoms with Crippen molar-refractivity contribution in [3.05, 3.63) is 62.2 Å². The van der Waals surface area contributed by atoms with Gasteiger partial charge in [0.25, 0.3) is 5.91 Å². The normalized spacial score (nSPS) is 12.1. The number of hydrogen-bond donors (Lipinski definition) is 0. The molecule has 0 unspecified atom stereocenters. The summed E-state index contributed by atoms with van der Waals surface area (Å²) in [5.41, 5.74) is 3.00. The second kappa shape index (κ2) is 8.34. The summed E-state index contributed by atoms with van der Waals surface area (Å²) in [7, 11) is 0. The van der Waals surface area contributed by atoms with Gasteiger partial charge < -0.3 is 9.30 Å². The van der Waals surface area contributed by atoms with Crippen LogP contribution in [0, 0.1) is 13.8 Å². The molecular formula is C22H19ClN2O3S2. The highest BCUT2D eigenvalue weighted by Gasteiger charge is 2.18. The summed E-state index contributed by atoms with van der Waals surface area (Å²) in [6, 6.07) is 11.7. The maximum Gasteiger partial charge on any atom is 0.326 e. The van der Waals surface area contributed by atoms with E-state index in [4.69, 9.17) is 16.3 Å². The standard InChI is InChI=1S/C22H19ClN2O3S2/c1-4-28-17(26)11-25-15-10-12(2)9-13(3)19(15)30-22(25)24-21(27)20-18(23)14-7-5-6-8-16(14)29-20/h5-10H,4,11H2,1-3H3. The zero-order valence-corrected chi connectivity index (χ0v) is 19.1. The molecule has 4 aromatic rings. The number of hydrogen-bond acceptors (Lipinski definition) is 5. The molecule has 0 bridgehead atoms. The molecule has 0 aliphatic carbocycles. The number of benzene rings is 2. The van der Waals surface area contributed by atoms with Gasteiger partial charge in [0, 0.05) is 10.1 Å². The van der Waals surface area contributed by atoms with Crippen molar-refractivity contribution in [2.24, 2.45) is 4.99 Å². The van der Waals surface area contributed by atoms with E-state index in [9.17, 15) is 9.59 Å². The lowest BCUT2D eigenvalue weighted by molar-refractivity contribution is -0.143. The lowest BCUT2D eigenvalue weighted by Gasteiger charge is -2.06. The minimum Gasteiger partial charge on any atom is -0.465 e. The number of aromatic nitrogens is 1. The smallest absolute Gasteiger partial charge is 0.326 e. The summed E-state index contributed by atoms with van der Waals surface area (Å²) in [4.78, 5) is 30.5. The van der Waals surface area contributed by atoms with E-state index >= 15 is 0 Å². The van der Waals surface area contributed by atoms with E-state index in [0.29, 0.717) is 21.3 Å². The number of ether oxygens (including phenoxy) is 1. The highest BCUT2D eigenvalue weighted by atomic mass is 35.5. The highest BCUT2D eigenvalue weighted by Crippen LogP contribution is 2.35. The molecule has 0 saturated heterocycles. The van der Waals surface area contributed by atoms with Crippen molar-refractivity contribution in [3.63, 3.8) is 0 Å². The summed E-state index contributed by atoms with van der Waals surface area (Å²) in [6.45, 7) is 6.05. The highest BCUT2D eigenvalue weighted by molar-refractivity contribution is 7.21. The van der Waals surface area contributed by atoms with E-state index in [1.807, 2.05) is 44.2 Å². The molecule has 0 spiro atoms. The number of nitrogens with zero attached hydrogens (tertiary/aromatic N) is 2. The first-order valence-electron chi connectivity index (χ1n) is 9.41. The zero-order valence-electron chi connectivity index (χ0n) is 16.7. The van der Waals surface area contributed by atoms with Gasteiger partial charge in [-0.3, -0.25) is 9.59 Å². The van der Waals surface area contributed by atoms with Gasteiger partial charge in [-0.25, -0.2) is 0 Å². The third kappa shape index (κ3) is 3.80. The summed E-state index contributed by atoms with van der Waals surface area (Å²) in [6.07, 6.45) is 0. The van der Waals surface area contributed by atoms with Crippen molar-refractivity contribution in [1.29, 1.82) is 0 Å². The van der Waals surface area contributed by atoms with Gasteiger partial charge >= 0.3 is 5.97 Å². The number of aryl methyl sites for hydroxylation is 2. The van der Waals surface area contributed by atoms with Gasteiger partial charge in [0.05, 0.1) is 21.8 Å². The van der Waals surface area contributed by atoms with Crippen LogP contribution in [0.25, 0.3) is 20.3 Å². The van der Waals surface area contributed by atoms with Crippen LogP contribution in [0.15, 0.2) is 41.4 Å². The number of carbonyl (C=O) groups is 2. The Hall–Kier alpha value is -2.48. The third-order valence-corrected chi connectivity index (χ3v) is 7.53. The molecule has 30 heavy (non-hydrogen) atoms. The maximum atomic E-state index is 13.0. The van der Waals surface area contributed by atoms with Gasteiger partial charge in [0.15, 0.2) is 4.80 Å². The first kappa shape index (κ1) is 20.8. The summed E-state index contributed by atoms with van der Waals surface area (Å²) >= 11 is 9.16. The van der Waals surface area contributed by atoms with E-state index in [2.05, 4.69) is 11.1 Å². The molecule has 2 aromatic heterocycles. The van der Waals surface area contributed by atoms with Crippen LogP contribution in [0.5, 0.6) is 0 Å². The summed E-state index contributed by atoms with van der Waals surface area (Å²) < 4.78 is 8.79. The Morgan fingerprint density at radius 2 is 1.93 bits per heavy atom. The van der Waals surface area contributed by atoms with Crippen LogP contribution in [-0.4, -0.2) is 23.1 Å². The Kier molecular flexibility index (Phi) is 5.77. The van der Waals surface area contributed by atoms with Crippen molar-refractivity contribution in [1.82, 2.24) is 4.57 Å². The van der Waals surface area contributed by atoms with Crippen molar-refractivity contribution < 1.29 is 14.3 Å². The second-order valence-electron chi connectivity index (χ2n) is 6.86. The van der Waals surface area contributed by atoms with Crippen LogP contribution in [0.2, 0.25) is 5.02 Å².